The van der Waals surface area contributed by atoms with Crippen LogP contribution in [0.5, 0.6) is 0 Å². The fraction of sp³-hybridized carbons (Fsp3) is 0.667. The fourth-order valence-corrected chi connectivity index (χ4v) is 1.67. The van der Waals surface area contributed by atoms with E-state index in [-0.39, 0.29) is 12.4 Å². The van der Waals surface area contributed by atoms with Gasteiger partial charge >= 0.3 is 8.25 Å². The molecule has 0 aliphatic carbocycles. The van der Waals surface area contributed by atoms with Gasteiger partial charge in [-0.3, -0.25) is 4.57 Å². The van der Waals surface area contributed by atoms with Crippen molar-refractivity contribution in [2.24, 2.45) is 0 Å². The molecule has 76 valence electrons. The van der Waals surface area contributed by atoms with Crippen molar-refractivity contribution >= 4 is 22.5 Å². The van der Waals surface area contributed by atoms with Crippen molar-refractivity contribution in [2.75, 3.05) is 6.61 Å². The highest BCUT2D eigenvalue weighted by Crippen LogP contribution is 2.17. The molecule has 1 N–H and O–H groups in total. The van der Waals surface area contributed by atoms with E-state index in [9.17, 15) is 9.36 Å². The molecule has 13 heavy (non-hydrogen) atoms. The standard InChI is InChI=1S/C6H13O5PSi/c1-13(2,3)11-6(4-7)5-10-12(8)9/h12H,5H2,1-3H3,(H,8,9). The zero-order valence-corrected chi connectivity index (χ0v) is 9.79. The van der Waals surface area contributed by atoms with E-state index in [4.69, 9.17) is 9.32 Å². The van der Waals surface area contributed by atoms with Crippen LogP contribution in [0.1, 0.15) is 0 Å². The summed E-state index contributed by atoms with van der Waals surface area (Å²) in [7, 11) is -4.87. The predicted molar refractivity (Wildman–Crippen MR) is 50.8 cm³/mol. The largest absolute Gasteiger partial charge is 0.538 e. The summed E-state index contributed by atoms with van der Waals surface area (Å²) in [6.07, 6.45) is 0. The fourth-order valence-electron chi connectivity index (χ4n) is 0.577. The number of hydrogen-bond donors (Lipinski definition) is 1. The molecule has 0 aromatic rings. The van der Waals surface area contributed by atoms with Gasteiger partial charge in [-0.1, -0.05) is 0 Å². The summed E-state index contributed by atoms with van der Waals surface area (Å²) in [5.74, 6) is 1.48. The molecule has 0 radical (unpaired) electrons. The van der Waals surface area contributed by atoms with Crippen molar-refractivity contribution in [3.05, 3.63) is 5.76 Å². The second kappa shape index (κ2) is 5.37. The van der Waals surface area contributed by atoms with Gasteiger partial charge in [-0.25, -0.2) is 4.79 Å². The van der Waals surface area contributed by atoms with Crippen molar-refractivity contribution in [1.82, 2.24) is 0 Å². The SMILES string of the molecule is C[Si](C)(C)OC(=C=O)CO[PH](=O)O. The maximum Gasteiger partial charge on any atom is 0.317 e. The lowest BCUT2D eigenvalue weighted by Gasteiger charge is -2.18. The van der Waals surface area contributed by atoms with Crippen LogP contribution < -0.4 is 0 Å². The second-order valence-electron chi connectivity index (χ2n) is 3.29. The Bertz CT molecular complexity index is 240. The van der Waals surface area contributed by atoms with Gasteiger partial charge < -0.3 is 13.8 Å². The van der Waals surface area contributed by atoms with E-state index in [2.05, 4.69) is 4.52 Å². The first kappa shape index (κ1) is 12.6. The molecular weight excluding hydrogens is 211 g/mol. The lowest BCUT2D eigenvalue weighted by atomic mass is 10.6. The average molecular weight is 224 g/mol. The highest BCUT2D eigenvalue weighted by atomic mass is 31.1. The molecule has 0 saturated carbocycles. The Hall–Kier alpha value is -0.383. The summed E-state index contributed by atoms with van der Waals surface area (Å²) >= 11 is 0. The normalized spacial score (nSPS) is 13.2. The summed E-state index contributed by atoms with van der Waals surface area (Å²) in [6.45, 7) is 5.35. The molecule has 0 aromatic heterocycles. The molecule has 0 aromatic carbocycles. The molecule has 0 fully saturated rings. The van der Waals surface area contributed by atoms with Gasteiger partial charge in [0.15, 0.2) is 11.7 Å². The van der Waals surface area contributed by atoms with Gasteiger partial charge in [-0.15, -0.1) is 0 Å². The van der Waals surface area contributed by atoms with E-state index >= 15 is 0 Å². The van der Waals surface area contributed by atoms with E-state index in [1.807, 2.05) is 19.6 Å². The van der Waals surface area contributed by atoms with Crippen LogP contribution >= 0.6 is 8.25 Å². The molecule has 7 heteroatoms. The Morgan fingerprint density at radius 3 is 2.38 bits per heavy atom. The third-order valence-electron chi connectivity index (χ3n) is 0.870. The Kier molecular flexibility index (Phi) is 5.21. The Labute approximate surface area is 78.4 Å². The zero-order valence-electron chi connectivity index (χ0n) is 7.79. The maximum atomic E-state index is 10.3. The van der Waals surface area contributed by atoms with Crippen LogP contribution in [-0.4, -0.2) is 25.8 Å². The topological polar surface area (TPSA) is 72.8 Å². The smallest absolute Gasteiger partial charge is 0.317 e. The minimum atomic E-state index is -3.01. The summed E-state index contributed by atoms with van der Waals surface area (Å²) in [5, 5.41) is 0. The summed E-state index contributed by atoms with van der Waals surface area (Å²) in [5.41, 5.74) is 0. The van der Waals surface area contributed by atoms with Crippen LogP contribution in [0.4, 0.5) is 0 Å². The summed E-state index contributed by atoms with van der Waals surface area (Å²) < 4.78 is 19.7. The molecule has 0 rings (SSSR count). The van der Waals surface area contributed by atoms with Crippen LogP contribution in [0.3, 0.4) is 0 Å². The quantitative estimate of drug-likeness (QED) is 0.326. The Morgan fingerprint density at radius 1 is 1.54 bits per heavy atom. The lowest BCUT2D eigenvalue weighted by molar-refractivity contribution is 0.259. The first-order valence-electron chi connectivity index (χ1n) is 3.64. The van der Waals surface area contributed by atoms with Crippen molar-refractivity contribution in [2.45, 2.75) is 19.6 Å². The van der Waals surface area contributed by atoms with Crippen molar-refractivity contribution in [3.8, 4) is 0 Å². The maximum absolute atomic E-state index is 10.3. The predicted octanol–water partition coefficient (Wildman–Crippen LogP) is 0.952. The van der Waals surface area contributed by atoms with E-state index in [1.165, 1.54) is 5.94 Å². The molecule has 0 heterocycles. The molecule has 5 nitrogen and oxygen atoms in total. The molecular formula is C6H13O5PSi. The highest BCUT2D eigenvalue weighted by Gasteiger charge is 2.18. The monoisotopic (exact) mass is 224 g/mol. The van der Waals surface area contributed by atoms with Crippen molar-refractivity contribution in [1.29, 1.82) is 0 Å². The summed E-state index contributed by atoms with van der Waals surface area (Å²) in [4.78, 5) is 18.6. The van der Waals surface area contributed by atoms with Crippen LogP contribution in [0, 0.1) is 0 Å². The Balaban J connectivity index is 4.08. The van der Waals surface area contributed by atoms with Gasteiger partial charge in [0, 0.05) is 0 Å². The lowest BCUT2D eigenvalue weighted by Crippen LogP contribution is -2.26. The molecule has 0 spiro atoms. The van der Waals surface area contributed by atoms with Gasteiger partial charge in [0.2, 0.25) is 8.32 Å². The molecule has 0 aliphatic heterocycles. The molecule has 0 saturated heterocycles. The number of carbonyl (C=O) groups excluding carboxylic acids is 1. The molecule has 1 atom stereocenters. The first-order chi connectivity index (χ1) is 5.85. The third-order valence-corrected chi connectivity index (χ3v) is 2.12. The molecule has 0 amide bonds. The molecule has 1 unspecified atom stereocenters. The van der Waals surface area contributed by atoms with Crippen LogP contribution in [0.25, 0.3) is 0 Å². The van der Waals surface area contributed by atoms with Crippen LogP contribution in [0.2, 0.25) is 19.6 Å². The third kappa shape index (κ3) is 7.96. The van der Waals surface area contributed by atoms with Crippen LogP contribution in [-0.2, 0) is 18.3 Å². The van der Waals surface area contributed by atoms with E-state index in [0.29, 0.717) is 0 Å². The van der Waals surface area contributed by atoms with Gasteiger partial charge in [-0.05, 0) is 19.6 Å². The molecule has 0 bridgehead atoms. The van der Waals surface area contributed by atoms with Gasteiger partial charge in [0.05, 0.1) is 0 Å². The van der Waals surface area contributed by atoms with Crippen LogP contribution in [0.15, 0.2) is 5.76 Å². The summed E-state index contributed by atoms with van der Waals surface area (Å²) in [6, 6.07) is 0. The van der Waals surface area contributed by atoms with E-state index in [0.717, 1.165) is 0 Å². The number of rotatable bonds is 5. The minimum absolute atomic E-state index is 0.0495. The van der Waals surface area contributed by atoms with Gasteiger partial charge in [0.1, 0.15) is 6.61 Å². The van der Waals surface area contributed by atoms with E-state index in [1.54, 1.807) is 0 Å². The van der Waals surface area contributed by atoms with Crippen molar-refractivity contribution < 1.29 is 23.2 Å². The van der Waals surface area contributed by atoms with Gasteiger partial charge in [0.25, 0.3) is 0 Å². The van der Waals surface area contributed by atoms with Crippen molar-refractivity contribution in [3.63, 3.8) is 0 Å². The van der Waals surface area contributed by atoms with E-state index < -0.39 is 16.6 Å². The first-order valence-corrected chi connectivity index (χ1v) is 8.31. The average Bonchev–Trinajstić information content (AvgIpc) is 1.95. The second-order valence-corrected chi connectivity index (χ2v) is 8.54. The number of hydrogen-bond acceptors (Lipinski definition) is 4. The van der Waals surface area contributed by atoms with Gasteiger partial charge in [-0.2, -0.15) is 0 Å². The Morgan fingerprint density at radius 2 is 2.08 bits per heavy atom. The minimum Gasteiger partial charge on any atom is -0.538 e. The highest BCUT2D eigenvalue weighted by molar-refractivity contribution is 7.32. The zero-order chi connectivity index (χ0) is 10.5. The molecule has 0 aliphatic rings.